The van der Waals surface area contributed by atoms with Crippen molar-refractivity contribution in [3.8, 4) is 5.75 Å². The molecular weight excluding hydrogens is 468 g/mol. The lowest BCUT2D eigenvalue weighted by molar-refractivity contribution is -0.133. The van der Waals surface area contributed by atoms with E-state index in [-0.39, 0.29) is 61.0 Å². The number of hydrogen-bond donors (Lipinski definition) is 1. The Kier molecular flexibility index (Phi) is 8.30. The van der Waals surface area contributed by atoms with Crippen LogP contribution in [0.2, 0.25) is 5.02 Å². The fourth-order valence-corrected chi connectivity index (χ4v) is 5.42. The lowest BCUT2D eigenvalue weighted by Gasteiger charge is -2.34. The highest BCUT2D eigenvalue weighted by molar-refractivity contribution is 7.89. The van der Waals surface area contributed by atoms with Gasteiger partial charge in [-0.25, -0.2) is 8.42 Å². The van der Waals surface area contributed by atoms with Crippen molar-refractivity contribution in [2.75, 3.05) is 58.7 Å². The standard InChI is InChI=1S/C22H27ClN4O5S/c1-25(15-21(28)24-17-6-5-7-18(14-17)32-2)16-22(29)26-10-12-27(13-11-26)33(30,31)20-9-4-3-8-19(20)23/h3-9,14H,10-13,15-16H2,1-2H3,(H,24,28). The Morgan fingerprint density at radius 3 is 2.42 bits per heavy atom. The molecule has 1 heterocycles. The number of sulfonamides is 1. The van der Waals surface area contributed by atoms with Gasteiger partial charge in [0.1, 0.15) is 10.6 Å². The van der Waals surface area contributed by atoms with Crippen molar-refractivity contribution < 1.29 is 22.7 Å². The van der Waals surface area contributed by atoms with E-state index in [1.165, 1.54) is 16.4 Å². The summed E-state index contributed by atoms with van der Waals surface area (Å²) in [6.45, 7) is 0.976. The Labute approximate surface area is 198 Å². The van der Waals surface area contributed by atoms with Crippen LogP contribution in [0, 0.1) is 0 Å². The van der Waals surface area contributed by atoms with Crippen molar-refractivity contribution in [2.45, 2.75) is 4.90 Å². The molecule has 3 rings (SSSR count). The Morgan fingerprint density at radius 2 is 1.76 bits per heavy atom. The van der Waals surface area contributed by atoms with E-state index >= 15 is 0 Å². The Hall–Kier alpha value is -2.66. The van der Waals surface area contributed by atoms with Crippen LogP contribution >= 0.6 is 11.6 Å². The third-order valence-corrected chi connectivity index (χ3v) is 7.62. The van der Waals surface area contributed by atoms with Gasteiger partial charge < -0.3 is 15.0 Å². The summed E-state index contributed by atoms with van der Waals surface area (Å²) < 4.78 is 32.2. The van der Waals surface area contributed by atoms with Gasteiger partial charge in [-0.05, 0) is 31.3 Å². The smallest absolute Gasteiger partial charge is 0.244 e. The van der Waals surface area contributed by atoms with Gasteiger partial charge in [0.15, 0.2) is 0 Å². The first-order valence-electron chi connectivity index (χ1n) is 10.4. The molecule has 0 radical (unpaired) electrons. The Bertz CT molecular complexity index is 1100. The van der Waals surface area contributed by atoms with Gasteiger partial charge in [0.05, 0.1) is 25.2 Å². The second-order valence-electron chi connectivity index (χ2n) is 7.67. The average molecular weight is 495 g/mol. The first kappa shape index (κ1) is 25.0. The number of anilines is 1. The summed E-state index contributed by atoms with van der Waals surface area (Å²) in [6, 6.07) is 13.3. The average Bonchev–Trinajstić information content (AvgIpc) is 2.79. The van der Waals surface area contributed by atoms with Gasteiger partial charge in [-0.1, -0.05) is 29.8 Å². The predicted molar refractivity (Wildman–Crippen MR) is 126 cm³/mol. The quantitative estimate of drug-likeness (QED) is 0.600. The number of hydrogen-bond acceptors (Lipinski definition) is 6. The minimum Gasteiger partial charge on any atom is -0.497 e. The van der Waals surface area contributed by atoms with Crippen molar-refractivity contribution >= 4 is 39.1 Å². The molecule has 2 aromatic rings. The normalized spacial score (nSPS) is 14.8. The van der Waals surface area contributed by atoms with Crippen molar-refractivity contribution in [3.05, 3.63) is 53.6 Å². The molecular formula is C22H27ClN4O5S. The lowest BCUT2D eigenvalue weighted by atomic mass is 10.3. The van der Waals surface area contributed by atoms with Crippen LogP contribution < -0.4 is 10.1 Å². The summed E-state index contributed by atoms with van der Waals surface area (Å²) in [5.74, 6) is 0.211. The number of nitrogens with zero attached hydrogens (tertiary/aromatic N) is 3. The molecule has 0 aliphatic carbocycles. The number of carbonyl (C=O) groups excluding carboxylic acids is 2. The molecule has 1 saturated heterocycles. The van der Waals surface area contributed by atoms with Crippen molar-refractivity contribution in [1.82, 2.24) is 14.1 Å². The fourth-order valence-electron chi connectivity index (χ4n) is 3.50. The molecule has 178 valence electrons. The van der Waals surface area contributed by atoms with Gasteiger partial charge in [0.2, 0.25) is 21.8 Å². The molecule has 0 unspecified atom stereocenters. The molecule has 1 fully saturated rings. The molecule has 33 heavy (non-hydrogen) atoms. The first-order chi connectivity index (χ1) is 15.7. The molecule has 1 N–H and O–H groups in total. The number of piperazine rings is 1. The topological polar surface area (TPSA) is 99.3 Å². The molecule has 0 saturated carbocycles. The van der Waals surface area contributed by atoms with Crippen molar-refractivity contribution in [2.24, 2.45) is 0 Å². The van der Waals surface area contributed by atoms with Gasteiger partial charge in [-0.15, -0.1) is 0 Å². The number of amides is 2. The highest BCUT2D eigenvalue weighted by Gasteiger charge is 2.31. The summed E-state index contributed by atoms with van der Waals surface area (Å²) in [5, 5.41) is 2.94. The Morgan fingerprint density at radius 1 is 1.06 bits per heavy atom. The van der Waals surface area contributed by atoms with Gasteiger partial charge in [0.25, 0.3) is 0 Å². The van der Waals surface area contributed by atoms with E-state index in [2.05, 4.69) is 5.32 Å². The predicted octanol–water partition coefficient (Wildman–Crippen LogP) is 1.75. The maximum atomic E-state index is 12.9. The van der Waals surface area contributed by atoms with Crippen LogP contribution in [-0.2, 0) is 19.6 Å². The van der Waals surface area contributed by atoms with E-state index < -0.39 is 10.0 Å². The van der Waals surface area contributed by atoms with Crippen LogP contribution in [0.5, 0.6) is 5.75 Å². The highest BCUT2D eigenvalue weighted by atomic mass is 35.5. The first-order valence-corrected chi connectivity index (χ1v) is 12.2. The minimum absolute atomic E-state index is 0.0315. The van der Waals surface area contributed by atoms with Crippen molar-refractivity contribution in [3.63, 3.8) is 0 Å². The monoisotopic (exact) mass is 494 g/mol. The van der Waals surface area contributed by atoms with E-state index in [1.807, 2.05) is 0 Å². The third-order valence-electron chi connectivity index (χ3n) is 5.22. The van der Waals surface area contributed by atoms with E-state index in [9.17, 15) is 18.0 Å². The zero-order valence-electron chi connectivity index (χ0n) is 18.5. The summed E-state index contributed by atoms with van der Waals surface area (Å²) in [5.41, 5.74) is 0.606. The number of rotatable bonds is 8. The number of likely N-dealkylation sites (N-methyl/N-ethyl adjacent to an activating group) is 1. The van der Waals surface area contributed by atoms with E-state index in [0.717, 1.165) is 0 Å². The number of methoxy groups -OCH3 is 1. The molecule has 0 atom stereocenters. The number of nitrogens with one attached hydrogen (secondary N) is 1. The second kappa shape index (κ2) is 11.0. The Balaban J connectivity index is 1.48. The molecule has 11 heteroatoms. The van der Waals surface area contributed by atoms with Gasteiger partial charge in [0, 0.05) is 37.9 Å². The molecule has 0 aromatic heterocycles. The molecule has 0 spiro atoms. The van der Waals surface area contributed by atoms with Crippen molar-refractivity contribution in [1.29, 1.82) is 0 Å². The van der Waals surface area contributed by atoms with Crippen LogP contribution in [0.3, 0.4) is 0 Å². The summed E-state index contributed by atoms with van der Waals surface area (Å²) in [6.07, 6.45) is 0. The van der Waals surface area contributed by atoms with Crippen LogP contribution in [0.15, 0.2) is 53.4 Å². The zero-order chi connectivity index (χ0) is 24.0. The highest BCUT2D eigenvalue weighted by Crippen LogP contribution is 2.25. The van der Waals surface area contributed by atoms with Crippen LogP contribution in [-0.4, -0.2) is 87.8 Å². The summed E-state index contributed by atoms with van der Waals surface area (Å²) in [4.78, 5) is 28.2. The minimum atomic E-state index is -3.72. The van der Waals surface area contributed by atoms with Crippen LogP contribution in [0.25, 0.3) is 0 Å². The summed E-state index contributed by atoms with van der Waals surface area (Å²) >= 11 is 6.06. The molecule has 1 aliphatic heterocycles. The molecule has 2 amide bonds. The molecule has 0 bridgehead atoms. The number of carbonyl (C=O) groups is 2. The largest absolute Gasteiger partial charge is 0.497 e. The lowest BCUT2D eigenvalue weighted by Crippen LogP contribution is -2.52. The second-order valence-corrected chi connectivity index (χ2v) is 9.98. The fraction of sp³-hybridized carbons (Fsp3) is 0.364. The van der Waals surface area contributed by atoms with E-state index in [0.29, 0.717) is 11.4 Å². The maximum Gasteiger partial charge on any atom is 0.244 e. The van der Waals surface area contributed by atoms with Gasteiger partial charge >= 0.3 is 0 Å². The van der Waals surface area contributed by atoms with Crippen LogP contribution in [0.4, 0.5) is 5.69 Å². The van der Waals surface area contributed by atoms with Crippen LogP contribution in [0.1, 0.15) is 0 Å². The maximum absolute atomic E-state index is 12.9. The third kappa shape index (κ3) is 6.44. The molecule has 9 nitrogen and oxygen atoms in total. The number of benzene rings is 2. The SMILES string of the molecule is COc1cccc(NC(=O)CN(C)CC(=O)N2CCN(S(=O)(=O)c3ccccc3Cl)CC2)c1. The zero-order valence-corrected chi connectivity index (χ0v) is 20.1. The number of ether oxygens (including phenoxy) is 1. The van der Waals surface area contributed by atoms with Gasteiger partial charge in [-0.3, -0.25) is 14.5 Å². The number of halogens is 1. The van der Waals surface area contributed by atoms with E-state index in [4.69, 9.17) is 16.3 Å². The summed E-state index contributed by atoms with van der Waals surface area (Å²) in [7, 11) is -0.495. The van der Waals surface area contributed by atoms with E-state index in [1.54, 1.807) is 60.4 Å². The van der Waals surface area contributed by atoms with Gasteiger partial charge in [-0.2, -0.15) is 4.31 Å². The molecule has 1 aliphatic rings. The molecule has 2 aromatic carbocycles.